The number of alkyl halides is 3. The van der Waals surface area contributed by atoms with E-state index in [1.807, 2.05) is 24.0 Å². The van der Waals surface area contributed by atoms with Gasteiger partial charge in [-0.25, -0.2) is 0 Å². The second-order valence-corrected chi connectivity index (χ2v) is 9.09. The Hall–Kier alpha value is -3.76. The molecule has 0 amide bonds. The summed E-state index contributed by atoms with van der Waals surface area (Å²) in [4.78, 5) is 18.1. The first-order chi connectivity index (χ1) is 17.2. The van der Waals surface area contributed by atoms with Gasteiger partial charge >= 0.3 is 12.2 Å². The Morgan fingerprint density at radius 2 is 1.89 bits per heavy atom. The smallest absolute Gasteiger partial charge is 0.422 e. The molecule has 0 spiro atoms. The highest BCUT2D eigenvalue weighted by Crippen LogP contribution is 2.32. The van der Waals surface area contributed by atoms with E-state index in [2.05, 4.69) is 56.4 Å². The van der Waals surface area contributed by atoms with E-state index in [4.69, 9.17) is 9.15 Å². The van der Waals surface area contributed by atoms with E-state index in [1.54, 1.807) is 0 Å². The van der Waals surface area contributed by atoms with Gasteiger partial charge in [0, 0.05) is 30.2 Å². The number of hydrogen-bond donors (Lipinski definition) is 2. The number of aromatic amines is 1. The molecule has 4 aromatic rings. The monoisotopic (exact) mass is 500 g/mol. The van der Waals surface area contributed by atoms with Crippen molar-refractivity contribution in [3.8, 4) is 6.01 Å². The zero-order chi connectivity index (χ0) is 25.3. The maximum atomic E-state index is 12.7. The molecule has 0 aliphatic carbocycles. The van der Waals surface area contributed by atoms with Crippen molar-refractivity contribution in [1.29, 1.82) is 0 Å². The largest absolute Gasteiger partial charge is 0.465 e. The van der Waals surface area contributed by atoms with E-state index in [1.165, 1.54) is 16.6 Å². The molecule has 11 heteroatoms. The summed E-state index contributed by atoms with van der Waals surface area (Å²) in [6, 6.07) is 11.8. The molecule has 0 atom stereocenters. The predicted molar refractivity (Wildman–Crippen MR) is 129 cm³/mol. The van der Waals surface area contributed by atoms with E-state index < -0.39 is 12.8 Å². The number of H-pyrrole nitrogens is 1. The Kier molecular flexibility index (Phi) is 6.46. The summed E-state index contributed by atoms with van der Waals surface area (Å²) >= 11 is 0. The summed E-state index contributed by atoms with van der Waals surface area (Å²) in [5.74, 6) is 2.16. The van der Waals surface area contributed by atoms with Gasteiger partial charge in [-0.05, 0) is 61.9 Å². The molecule has 1 aliphatic heterocycles. The second-order valence-electron chi connectivity index (χ2n) is 9.09. The minimum Gasteiger partial charge on any atom is -0.465 e. The van der Waals surface area contributed by atoms with E-state index in [0.717, 1.165) is 24.1 Å². The minimum absolute atomic E-state index is 0.124. The number of nitrogens with one attached hydrogen (secondary N) is 2. The van der Waals surface area contributed by atoms with Crippen molar-refractivity contribution in [2.45, 2.75) is 45.3 Å². The minimum atomic E-state index is -4.50. The molecule has 0 saturated carbocycles. The van der Waals surface area contributed by atoms with Crippen LogP contribution >= 0.6 is 0 Å². The first kappa shape index (κ1) is 24.0. The van der Waals surface area contributed by atoms with Gasteiger partial charge in [0.25, 0.3) is 0 Å². The van der Waals surface area contributed by atoms with Crippen LogP contribution < -0.4 is 15.0 Å². The van der Waals surface area contributed by atoms with Crippen molar-refractivity contribution >= 4 is 22.8 Å². The lowest BCUT2D eigenvalue weighted by atomic mass is 9.94. The number of anilines is 2. The number of piperidine rings is 1. The lowest BCUT2D eigenvalue weighted by Crippen LogP contribution is -2.34. The zero-order valence-electron chi connectivity index (χ0n) is 20.0. The molecule has 1 aromatic carbocycles. The molecule has 1 aliphatic rings. The Morgan fingerprint density at radius 3 is 2.61 bits per heavy atom. The fraction of sp³-hybridized carbons (Fsp3) is 0.400. The number of aromatic nitrogens is 4. The van der Waals surface area contributed by atoms with Gasteiger partial charge in [0.05, 0.1) is 6.54 Å². The average Bonchev–Trinajstić information content (AvgIpc) is 3.46. The van der Waals surface area contributed by atoms with E-state index in [-0.39, 0.29) is 24.5 Å². The van der Waals surface area contributed by atoms with Crippen molar-refractivity contribution in [2.75, 3.05) is 29.9 Å². The van der Waals surface area contributed by atoms with Gasteiger partial charge < -0.3 is 24.4 Å². The molecular weight excluding hydrogens is 473 g/mol. The van der Waals surface area contributed by atoms with Gasteiger partial charge in [-0.1, -0.05) is 12.1 Å². The maximum absolute atomic E-state index is 12.7. The summed E-state index contributed by atoms with van der Waals surface area (Å²) in [6.45, 7) is 4.00. The van der Waals surface area contributed by atoms with Gasteiger partial charge in [0.15, 0.2) is 6.61 Å². The fourth-order valence-corrected chi connectivity index (χ4v) is 4.40. The number of nitrogens with zero attached hydrogens (tertiary/aromatic N) is 4. The number of aryl methyl sites for hydroxylation is 2. The van der Waals surface area contributed by atoms with Crippen LogP contribution in [0, 0.1) is 13.8 Å². The summed E-state index contributed by atoms with van der Waals surface area (Å²) in [5.41, 5.74) is 3.52. The highest BCUT2D eigenvalue weighted by atomic mass is 19.4. The third-order valence-electron chi connectivity index (χ3n) is 6.20. The Balaban J connectivity index is 1.30. The van der Waals surface area contributed by atoms with Crippen LogP contribution in [-0.2, 0) is 6.54 Å². The van der Waals surface area contributed by atoms with Crippen LogP contribution in [0.1, 0.15) is 41.5 Å². The van der Waals surface area contributed by atoms with Crippen LogP contribution in [0.2, 0.25) is 0 Å². The standard InChI is InChI=1S/C25H27F3N6O2/c1-15-3-5-18-12-21(30-20(18)11-15)17-7-9-34(10-8-17)23-31-22(29-13-19-6-4-16(2)36-19)32-24(33-23)35-14-25(26,27)28/h3-6,11-12,17,30H,7-10,13-14H2,1-2H3,(H,29,31,32,33). The van der Waals surface area contributed by atoms with Gasteiger partial charge in [0.1, 0.15) is 11.5 Å². The van der Waals surface area contributed by atoms with Crippen molar-refractivity contribution in [1.82, 2.24) is 19.9 Å². The van der Waals surface area contributed by atoms with Crippen LogP contribution in [0.5, 0.6) is 6.01 Å². The summed E-state index contributed by atoms with van der Waals surface area (Å²) < 4.78 is 48.6. The number of halogens is 3. The average molecular weight is 501 g/mol. The molecule has 8 nitrogen and oxygen atoms in total. The topological polar surface area (TPSA) is 92.1 Å². The Bertz CT molecular complexity index is 1340. The molecule has 0 radical (unpaired) electrons. The van der Waals surface area contributed by atoms with Crippen LogP contribution in [0.3, 0.4) is 0 Å². The maximum Gasteiger partial charge on any atom is 0.422 e. The number of furan rings is 1. The molecule has 4 heterocycles. The zero-order valence-corrected chi connectivity index (χ0v) is 20.0. The lowest BCUT2D eigenvalue weighted by molar-refractivity contribution is -0.154. The van der Waals surface area contributed by atoms with E-state index >= 15 is 0 Å². The fourth-order valence-electron chi connectivity index (χ4n) is 4.40. The molecule has 36 heavy (non-hydrogen) atoms. The van der Waals surface area contributed by atoms with Crippen molar-refractivity contribution in [2.24, 2.45) is 0 Å². The quantitative estimate of drug-likeness (QED) is 0.346. The van der Waals surface area contributed by atoms with Gasteiger partial charge in [-0.2, -0.15) is 28.1 Å². The van der Waals surface area contributed by atoms with Crippen LogP contribution in [-0.4, -0.2) is 45.8 Å². The molecule has 3 aromatic heterocycles. The highest BCUT2D eigenvalue weighted by Gasteiger charge is 2.30. The van der Waals surface area contributed by atoms with Crippen LogP contribution in [0.4, 0.5) is 25.1 Å². The number of fused-ring (bicyclic) bond motifs is 1. The van der Waals surface area contributed by atoms with Gasteiger partial charge in [0.2, 0.25) is 11.9 Å². The molecule has 1 fully saturated rings. The molecule has 1 saturated heterocycles. The third kappa shape index (κ3) is 5.72. The summed E-state index contributed by atoms with van der Waals surface area (Å²) in [6.07, 6.45) is -2.79. The summed E-state index contributed by atoms with van der Waals surface area (Å²) in [7, 11) is 0. The normalized spacial score (nSPS) is 15.0. The second kappa shape index (κ2) is 9.71. The van der Waals surface area contributed by atoms with E-state index in [9.17, 15) is 13.2 Å². The van der Waals surface area contributed by atoms with Crippen LogP contribution in [0.15, 0.2) is 40.8 Å². The first-order valence-electron chi connectivity index (χ1n) is 11.8. The number of benzene rings is 1. The van der Waals surface area contributed by atoms with Crippen molar-refractivity contribution in [3.63, 3.8) is 0 Å². The first-order valence-corrected chi connectivity index (χ1v) is 11.8. The Morgan fingerprint density at radius 1 is 1.08 bits per heavy atom. The van der Waals surface area contributed by atoms with Crippen molar-refractivity contribution in [3.05, 3.63) is 59.2 Å². The number of rotatable bonds is 7. The van der Waals surface area contributed by atoms with Crippen molar-refractivity contribution < 1.29 is 22.3 Å². The molecule has 0 bridgehead atoms. The Labute approximate surface area is 205 Å². The van der Waals surface area contributed by atoms with E-state index in [0.29, 0.717) is 24.8 Å². The number of hydrogen-bond acceptors (Lipinski definition) is 7. The van der Waals surface area contributed by atoms with Gasteiger partial charge in [-0.15, -0.1) is 0 Å². The van der Waals surface area contributed by atoms with Crippen LogP contribution in [0.25, 0.3) is 10.9 Å². The summed E-state index contributed by atoms with van der Waals surface area (Å²) in [5, 5.41) is 4.18. The third-order valence-corrected chi connectivity index (χ3v) is 6.20. The molecule has 2 N–H and O–H groups in total. The molecule has 0 unspecified atom stereocenters. The predicted octanol–water partition coefficient (Wildman–Crippen LogP) is 5.50. The molecule has 5 rings (SSSR count). The molecule has 190 valence electrons. The highest BCUT2D eigenvalue weighted by molar-refractivity contribution is 5.81. The molecular formula is C25H27F3N6O2. The number of ether oxygens (including phenoxy) is 1. The lowest BCUT2D eigenvalue weighted by Gasteiger charge is -2.31. The van der Waals surface area contributed by atoms with Gasteiger partial charge in [-0.3, -0.25) is 0 Å². The SMILES string of the molecule is Cc1ccc2cc(C3CCN(c4nc(NCc5ccc(C)o5)nc(OCC(F)(F)F)n4)CC3)[nH]c2c1.